The number of fused-ring (bicyclic) bond motifs is 1. The van der Waals surface area contributed by atoms with E-state index >= 15 is 0 Å². The number of para-hydroxylation sites is 1. The van der Waals surface area contributed by atoms with E-state index in [1.807, 2.05) is 18.2 Å². The molecule has 1 aromatic heterocycles. The standard InChI is InChI=1S/C20H18N2O6S/c1-21(11-13-5-3-4-6-16(13)27-2)19(23)12-28-20(24)18-10-14-9-15(22(25)26)7-8-17(14)29-18/h3-10H,11-12H2,1-2H3. The topological polar surface area (TPSA) is 99.0 Å². The number of rotatable bonds is 7. The Balaban J connectivity index is 1.61. The van der Waals surface area contributed by atoms with E-state index in [9.17, 15) is 19.7 Å². The lowest BCUT2D eigenvalue weighted by Crippen LogP contribution is -2.30. The molecule has 3 rings (SSSR count). The van der Waals surface area contributed by atoms with Crippen LogP contribution in [0.5, 0.6) is 5.75 Å². The Morgan fingerprint density at radius 2 is 1.93 bits per heavy atom. The summed E-state index contributed by atoms with van der Waals surface area (Å²) >= 11 is 1.15. The van der Waals surface area contributed by atoms with Crippen LogP contribution in [0.1, 0.15) is 15.2 Å². The SMILES string of the molecule is COc1ccccc1CN(C)C(=O)COC(=O)c1cc2cc([N+](=O)[O-])ccc2s1. The van der Waals surface area contributed by atoms with Crippen LogP contribution in [0.2, 0.25) is 0 Å². The van der Waals surface area contributed by atoms with E-state index < -0.39 is 17.5 Å². The number of hydrogen-bond donors (Lipinski definition) is 0. The van der Waals surface area contributed by atoms with E-state index in [2.05, 4.69) is 0 Å². The molecule has 9 heteroatoms. The lowest BCUT2D eigenvalue weighted by Gasteiger charge is -2.18. The highest BCUT2D eigenvalue weighted by atomic mass is 32.1. The molecule has 0 aliphatic rings. The maximum atomic E-state index is 12.3. The number of nitro groups is 1. The Hall–Kier alpha value is -3.46. The normalized spacial score (nSPS) is 10.6. The van der Waals surface area contributed by atoms with Crippen molar-refractivity contribution in [2.24, 2.45) is 0 Å². The molecule has 0 bridgehead atoms. The molecule has 3 aromatic rings. The Labute approximate surface area is 170 Å². The van der Waals surface area contributed by atoms with Gasteiger partial charge in [0.05, 0.1) is 12.0 Å². The maximum Gasteiger partial charge on any atom is 0.348 e. The number of methoxy groups -OCH3 is 1. The smallest absolute Gasteiger partial charge is 0.348 e. The van der Waals surface area contributed by atoms with Gasteiger partial charge in [-0.3, -0.25) is 14.9 Å². The van der Waals surface area contributed by atoms with Gasteiger partial charge in [-0.15, -0.1) is 11.3 Å². The summed E-state index contributed by atoms with van der Waals surface area (Å²) in [6.07, 6.45) is 0. The van der Waals surface area contributed by atoms with Crippen molar-refractivity contribution < 1.29 is 24.0 Å². The third-order valence-corrected chi connectivity index (χ3v) is 5.36. The van der Waals surface area contributed by atoms with Gasteiger partial charge in [-0.2, -0.15) is 0 Å². The number of amides is 1. The fourth-order valence-electron chi connectivity index (χ4n) is 2.73. The summed E-state index contributed by atoms with van der Waals surface area (Å²) in [5.74, 6) is -0.336. The molecule has 0 aliphatic carbocycles. The Morgan fingerprint density at radius 1 is 1.17 bits per heavy atom. The zero-order valence-electron chi connectivity index (χ0n) is 15.8. The first kappa shape index (κ1) is 20.3. The molecule has 0 atom stereocenters. The molecule has 1 heterocycles. The van der Waals surface area contributed by atoms with E-state index in [0.29, 0.717) is 17.7 Å². The summed E-state index contributed by atoms with van der Waals surface area (Å²) in [5.41, 5.74) is 0.784. The predicted octanol–water partition coefficient (Wildman–Crippen LogP) is 3.63. The van der Waals surface area contributed by atoms with Crippen LogP contribution in [0.3, 0.4) is 0 Å². The van der Waals surface area contributed by atoms with Crippen molar-refractivity contribution in [1.82, 2.24) is 4.90 Å². The number of nitro benzene ring substituents is 1. The molecule has 0 spiro atoms. The highest BCUT2D eigenvalue weighted by molar-refractivity contribution is 7.20. The molecule has 0 saturated carbocycles. The number of thiophene rings is 1. The van der Waals surface area contributed by atoms with Crippen molar-refractivity contribution in [2.45, 2.75) is 6.54 Å². The first-order chi connectivity index (χ1) is 13.9. The second-order valence-electron chi connectivity index (χ2n) is 6.23. The minimum atomic E-state index is -0.645. The number of ether oxygens (including phenoxy) is 2. The molecule has 0 fully saturated rings. The molecular formula is C20H18N2O6S. The van der Waals surface area contributed by atoms with E-state index in [4.69, 9.17) is 9.47 Å². The molecule has 29 heavy (non-hydrogen) atoms. The third-order valence-electron chi connectivity index (χ3n) is 4.26. The van der Waals surface area contributed by atoms with Gasteiger partial charge >= 0.3 is 5.97 Å². The fourth-order valence-corrected chi connectivity index (χ4v) is 3.67. The van der Waals surface area contributed by atoms with Crippen molar-refractivity contribution >= 4 is 39.0 Å². The summed E-state index contributed by atoms with van der Waals surface area (Å²) in [5, 5.41) is 11.4. The molecule has 8 nitrogen and oxygen atoms in total. The zero-order chi connectivity index (χ0) is 21.0. The Bertz CT molecular complexity index is 1080. The molecule has 2 aromatic carbocycles. The van der Waals surface area contributed by atoms with Gasteiger partial charge < -0.3 is 14.4 Å². The summed E-state index contributed by atoms with van der Waals surface area (Å²) < 4.78 is 11.1. The number of carbonyl (C=O) groups excluding carboxylic acids is 2. The largest absolute Gasteiger partial charge is 0.496 e. The molecule has 0 saturated heterocycles. The maximum absolute atomic E-state index is 12.3. The first-order valence-corrected chi connectivity index (χ1v) is 9.41. The summed E-state index contributed by atoms with van der Waals surface area (Å²) in [7, 11) is 3.17. The number of benzene rings is 2. The van der Waals surface area contributed by atoms with Crippen LogP contribution in [0.25, 0.3) is 10.1 Å². The van der Waals surface area contributed by atoms with Gasteiger partial charge in [-0.25, -0.2) is 4.79 Å². The lowest BCUT2D eigenvalue weighted by molar-refractivity contribution is -0.384. The molecule has 0 radical (unpaired) electrons. The van der Waals surface area contributed by atoms with E-state index in [1.54, 1.807) is 26.3 Å². The number of esters is 1. The highest BCUT2D eigenvalue weighted by Gasteiger charge is 2.18. The van der Waals surface area contributed by atoms with Crippen molar-refractivity contribution in [1.29, 1.82) is 0 Å². The highest BCUT2D eigenvalue weighted by Crippen LogP contribution is 2.29. The van der Waals surface area contributed by atoms with Gasteiger partial charge in [0.1, 0.15) is 10.6 Å². The van der Waals surface area contributed by atoms with Crippen LogP contribution >= 0.6 is 11.3 Å². The average molecular weight is 414 g/mol. The van der Waals surface area contributed by atoms with Crippen LogP contribution in [0.15, 0.2) is 48.5 Å². The summed E-state index contributed by atoms with van der Waals surface area (Å²) in [4.78, 5) is 36.7. The van der Waals surface area contributed by atoms with Crippen molar-refractivity contribution in [3.63, 3.8) is 0 Å². The predicted molar refractivity (Wildman–Crippen MR) is 108 cm³/mol. The second-order valence-corrected chi connectivity index (χ2v) is 7.31. The van der Waals surface area contributed by atoms with Gasteiger partial charge in [0, 0.05) is 41.4 Å². The molecule has 0 aliphatic heterocycles. The summed E-state index contributed by atoms with van der Waals surface area (Å²) in [6.45, 7) is -0.0914. The number of carbonyl (C=O) groups is 2. The lowest BCUT2D eigenvalue weighted by atomic mass is 10.2. The molecular weight excluding hydrogens is 396 g/mol. The van der Waals surface area contributed by atoms with Crippen molar-refractivity contribution in [3.8, 4) is 5.75 Å². The van der Waals surface area contributed by atoms with Gasteiger partial charge in [0.15, 0.2) is 6.61 Å². The van der Waals surface area contributed by atoms with Crippen LogP contribution in [-0.2, 0) is 16.1 Å². The monoisotopic (exact) mass is 414 g/mol. The Kier molecular flexibility index (Phi) is 6.08. The van der Waals surface area contributed by atoms with E-state index in [1.165, 1.54) is 23.1 Å². The molecule has 150 valence electrons. The van der Waals surface area contributed by atoms with Crippen LogP contribution in [-0.4, -0.2) is 42.5 Å². The van der Waals surface area contributed by atoms with Crippen LogP contribution in [0, 0.1) is 10.1 Å². The van der Waals surface area contributed by atoms with E-state index in [-0.39, 0.29) is 16.5 Å². The minimum Gasteiger partial charge on any atom is -0.496 e. The molecule has 0 N–H and O–H groups in total. The fraction of sp³-hybridized carbons (Fsp3) is 0.200. The van der Waals surface area contributed by atoms with Crippen molar-refractivity contribution in [3.05, 3.63) is 69.1 Å². The van der Waals surface area contributed by atoms with Gasteiger partial charge in [-0.05, 0) is 18.2 Å². The molecule has 1 amide bonds. The summed E-state index contributed by atoms with van der Waals surface area (Å²) in [6, 6.07) is 13.2. The number of hydrogen-bond acceptors (Lipinski definition) is 7. The van der Waals surface area contributed by atoms with Crippen molar-refractivity contribution in [2.75, 3.05) is 20.8 Å². The van der Waals surface area contributed by atoms with E-state index in [0.717, 1.165) is 21.6 Å². The van der Waals surface area contributed by atoms with Crippen LogP contribution < -0.4 is 4.74 Å². The second kappa shape index (κ2) is 8.70. The van der Waals surface area contributed by atoms with Gasteiger partial charge in [-0.1, -0.05) is 18.2 Å². The van der Waals surface area contributed by atoms with Gasteiger partial charge in [0.2, 0.25) is 0 Å². The quantitative estimate of drug-likeness (QED) is 0.333. The van der Waals surface area contributed by atoms with Gasteiger partial charge in [0.25, 0.3) is 11.6 Å². The third kappa shape index (κ3) is 4.69. The number of nitrogens with zero attached hydrogens (tertiary/aromatic N) is 2. The minimum absolute atomic E-state index is 0.0524. The first-order valence-electron chi connectivity index (χ1n) is 8.60. The van der Waals surface area contributed by atoms with Crippen LogP contribution in [0.4, 0.5) is 5.69 Å². The zero-order valence-corrected chi connectivity index (χ0v) is 16.6. The molecule has 0 unspecified atom stereocenters. The number of non-ortho nitro benzene ring substituents is 1. The number of likely N-dealkylation sites (N-methyl/N-ethyl adjacent to an activating group) is 1. The Morgan fingerprint density at radius 3 is 2.66 bits per heavy atom. The average Bonchev–Trinajstić information content (AvgIpc) is 3.15.